The Balaban J connectivity index is 0.00000112. The largest absolute Gasteiger partial charge is 0.261 e. The second-order valence-electron chi connectivity index (χ2n) is 2.75. The first-order chi connectivity index (χ1) is 6.70. The van der Waals surface area contributed by atoms with Crippen LogP contribution < -0.4 is 0 Å². The molecule has 2 aromatic rings. The van der Waals surface area contributed by atoms with E-state index in [1.807, 2.05) is 0 Å². The predicted molar refractivity (Wildman–Crippen MR) is 65.7 cm³/mol. The molecule has 0 fully saturated rings. The molecule has 80 valence electrons. The topological polar surface area (TPSA) is 47.0 Å². The molecule has 0 amide bonds. The third-order valence-corrected chi connectivity index (χ3v) is 2.68. The average molecular weight is 339 g/mol. The quantitative estimate of drug-likeness (QED) is 0.638. The summed E-state index contributed by atoms with van der Waals surface area (Å²) in [5.74, 6) is -0.614. The van der Waals surface area contributed by atoms with E-state index in [2.05, 4.69) is 4.98 Å². The minimum absolute atomic E-state index is 0. The maximum absolute atomic E-state index is 13.3. The minimum atomic E-state index is -2.78. The van der Waals surface area contributed by atoms with Crippen molar-refractivity contribution in [3.8, 4) is 0 Å². The highest BCUT2D eigenvalue weighted by atomic mass is 127. The Kier molecular flexibility index (Phi) is 3.97. The Hall–Kier alpha value is -0.760. The molecule has 0 radical (unpaired) electrons. The zero-order chi connectivity index (χ0) is 10.1. The number of benzene rings is 1. The van der Waals surface area contributed by atoms with E-state index < -0.39 is 16.5 Å². The number of aromatic nitrogens is 1. The molecule has 0 aliphatic rings. The van der Waals surface area contributed by atoms with Crippen LogP contribution in [0.3, 0.4) is 0 Å². The Bertz CT molecular complexity index is 558. The lowest BCUT2D eigenvalue weighted by Crippen LogP contribution is -1.88. The standard InChI is InChI=1S/C9H6FNO2S.HI/c10-7-5-11-4-6-2-1-3-8(9(6)7)14(12)13;/h1-5,14H;1H. The van der Waals surface area contributed by atoms with Crippen LogP contribution in [0.4, 0.5) is 4.39 Å². The van der Waals surface area contributed by atoms with E-state index in [-0.39, 0.29) is 34.3 Å². The second-order valence-corrected chi connectivity index (χ2v) is 3.75. The van der Waals surface area contributed by atoms with Crippen molar-refractivity contribution >= 4 is 45.5 Å². The van der Waals surface area contributed by atoms with Gasteiger partial charge < -0.3 is 0 Å². The number of hydrogen-bond donors (Lipinski definition) is 1. The summed E-state index contributed by atoms with van der Waals surface area (Å²) >= 11 is 0. The molecule has 0 atom stereocenters. The molecule has 1 heterocycles. The van der Waals surface area contributed by atoms with Gasteiger partial charge in [-0.2, -0.15) is 0 Å². The van der Waals surface area contributed by atoms with Gasteiger partial charge in [0.1, 0.15) is 0 Å². The van der Waals surface area contributed by atoms with Crippen molar-refractivity contribution in [3.05, 3.63) is 36.4 Å². The second kappa shape index (κ2) is 4.84. The van der Waals surface area contributed by atoms with Crippen LogP contribution in [0.5, 0.6) is 0 Å². The third kappa shape index (κ3) is 2.25. The summed E-state index contributed by atoms with van der Waals surface area (Å²) in [5, 5.41) is 0.598. The fourth-order valence-corrected chi connectivity index (χ4v) is 1.95. The van der Waals surface area contributed by atoms with Crippen LogP contribution in [-0.2, 0) is 10.7 Å². The average Bonchev–Trinajstić information content (AvgIpc) is 2.17. The Morgan fingerprint density at radius 3 is 2.60 bits per heavy atom. The van der Waals surface area contributed by atoms with E-state index in [4.69, 9.17) is 0 Å². The maximum atomic E-state index is 13.3. The van der Waals surface area contributed by atoms with E-state index >= 15 is 0 Å². The smallest absolute Gasteiger partial charge is 0.169 e. The van der Waals surface area contributed by atoms with Crippen LogP contribution in [0.15, 0.2) is 35.5 Å². The molecule has 2 rings (SSSR count). The van der Waals surface area contributed by atoms with Crippen LogP contribution in [0.2, 0.25) is 0 Å². The number of thiol groups is 1. The summed E-state index contributed by atoms with van der Waals surface area (Å²) in [6.45, 7) is 0. The van der Waals surface area contributed by atoms with Crippen molar-refractivity contribution in [2.24, 2.45) is 0 Å². The van der Waals surface area contributed by atoms with Gasteiger partial charge in [-0.1, -0.05) is 12.1 Å². The molecule has 3 nitrogen and oxygen atoms in total. The van der Waals surface area contributed by atoms with Crippen molar-refractivity contribution in [1.29, 1.82) is 0 Å². The fraction of sp³-hybridized carbons (Fsp3) is 0. The Labute approximate surface area is 104 Å². The Morgan fingerprint density at radius 1 is 1.20 bits per heavy atom. The molecule has 1 aromatic heterocycles. The SMILES string of the molecule is I.O=[SH](=O)c1cccc2cncc(F)c12. The van der Waals surface area contributed by atoms with Crippen molar-refractivity contribution in [2.75, 3.05) is 0 Å². The summed E-state index contributed by atoms with van der Waals surface area (Å²) in [6, 6.07) is 4.55. The first-order valence-electron chi connectivity index (χ1n) is 3.87. The minimum Gasteiger partial charge on any atom is -0.261 e. The molecule has 0 spiro atoms. The zero-order valence-electron chi connectivity index (χ0n) is 7.38. The van der Waals surface area contributed by atoms with Gasteiger partial charge in [-0.3, -0.25) is 4.98 Å². The molecule has 6 heteroatoms. The molecule has 0 saturated heterocycles. The fourth-order valence-electron chi connectivity index (χ4n) is 1.32. The summed E-state index contributed by atoms with van der Waals surface area (Å²) in [6.07, 6.45) is 2.44. The maximum Gasteiger partial charge on any atom is 0.169 e. The number of hydrogen-bond acceptors (Lipinski definition) is 3. The number of nitrogens with zero attached hydrogens (tertiary/aromatic N) is 1. The van der Waals surface area contributed by atoms with Crippen molar-refractivity contribution in [2.45, 2.75) is 4.90 Å². The molecular formula is C9H7FINO2S. The lowest BCUT2D eigenvalue weighted by atomic mass is 10.2. The lowest BCUT2D eigenvalue weighted by molar-refractivity contribution is 0.611. The molecular weight excluding hydrogens is 332 g/mol. The lowest BCUT2D eigenvalue weighted by Gasteiger charge is -2.00. The van der Waals surface area contributed by atoms with Gasteiger partial charge in [-0.05, 0) is 6.07 Å². The number of rotatable bonds is 1. The van der Waals surface area contributed by atoms with E-state index in [1.54, 1.807) is 12.1 Å². The number of fused-ring (bicyclic) bond motifs is 1. The number of halogens is 2. The van der Waals surface area contributed by atoms with Crippen LogP contribution in [-0.4, -0.2) is 13.4 Å². The summed E-state index contributed by atoms with van der Waals surface area (Å²) in [4.78, 5) is 3.64. The van der Waals surface area contributed by atoms with E-state index in [9.17, 15) is 12.8 Å². The molecule has 0 aliphatic heterocycles. The first-order valence-corrected chi connectivity index (χ1v) is 5.04. The molecule has 0 N–H and O–H groups in total. The third-order valence-electron chi connectivity index (χ3n) is 1.91. The normalized spacial score (nSPS) is 10.3. The van der Waals surface area contributed by atoms with Gasteiger partial charge in [-0.25, -0.2) is 12.8 Å². The molecule has 0 unspecified atom stereocenters. The van der Waals surface area contributed by atoms with Gasteiger partial charge in [0.15, 0.2) is 16.5 Å². The van der Waals surface area contributed by atoms with Crippen LogP contribution in [0.25, 0.3) is 10.8 Å². The van der Waals surface area contributed by atoms with Crippen molar-refractivity contribution in [3.63, 3.8) is 0 Å². The van der Waals surface area contributed by atoms with E-state index in [1.165, 1.54) is 12.3 Å². The summed E-state index contributed by atoms with van der Waals surface area (Å²) in [5.41, 5.74) is 0. The van der Waals surface area contributed by atoms with Gasteiger partial charge in [0.2, 0.25) is 0 Å². The highest BCUT2D eigenvalue weighted by molar-refractivity contribution is 14.0. The predicted octanol–water partition coefficient (Wildman–Crippen LogP) is 1.96. The molecule has 0 saturated carbocycles. The van der Waals surface area contributed by atoms with Gasteiger partial charge in [0.05, 0.1) is 11.1 Å². The van der Waals surface area contributed by atoms with E-state index in [0.29, 0.717) is 5.39 Å². The van der Waals surface area contributed by atoms with E-state index in [0.717, 1.165) is 6.20 Å². The van der Waals surface area contributed by atoms with Crippen LogP contribution >= 0.6 is 24.0 Å². The van der Waals surface area contributed by atoms with Gasteiger partial charge in [-0.15, -0.1) is 24.0 Å². The van der Waals surface area contributed by atoms with Crippen LogP contribution in [0.1, 0.15) is 0 Å². The molecule has 0 bridgehead atoms. The van der Waals surface area contributed by atoms with Gasteiger partial charge >= 0.3 is 0 Å². The molecule has 1 aromatic carbocycles. The zero-order valence-corrected chi connectivity index (χ0v) is 10.6. The van der Waals surface area contributed by atoms with Crippen molar-refractivity contribution < 1.29 is 12.8 Å². The monoisotopic (exact) mass is 339 g/mol. The van der Waals surface area contributed by atoms with Gasteiger partial charge in [0, 0.05) is 17.0 Å². The van der Waals surface area contributed by atoms with Crippen molar-refractivity contribution in [1.82, 2.24) is 4.98 Å². The summed E-state index contributed by atoms with van der Waals surface area (Å²) in [7, 11) is -2.78. The molecule has 0 aliphatic carbocycles. The van der Waals surface area contributed by atoms with Gasteiger partial charge in [0.25, 0.3) is 0 Å². The number of pyridine rings is 1. The summed E-state index contributed by atoms with van der Waals surface area (Å²) < 4.78 is 34.9. The molecule has 15 heavy (non-hydrogen) atoms. The first kappa shape index (κ1) is 12.3. The van der Waals surface area contributed by atoms with Crippen LogP contribution in [0, 0.1) is 5.82 Å². The Morgan fingerprint density at radius 2 is 1.93 bits per heavy atom. The highest BCUT2D eigenvalue weighted by Gasteiger charge is 2.07. The highest BCUT2D eigenvalue weighted by Crippen LogP contribution is 2.21.